The topological polar surface area (TPSA) is 78.6 Å². The Labute approximate surface area is 121 Å². The highest BCUT2D eigenvalue weighted by molar-refractivity contribution is 5.27. The Morgan fingerprint density at radius 2 is 1.81 bits per heavy atom. The van der Waals surface area contributed by atoms with Crippen molar-refractivity contribution in [3.8, 4) is 5.75 Å². The first-order valence-corrected chi connectivity index (χ1v) is 6.47. The number of ether oxygens (including phenoxy) is 1. The number of hydrogen-bond acceptors (Lipinski definition) is 6. The van der Waals surface area contributed by atoms with Gasteiger partial charge < -0.3 is 4.74 Å². The summed E-state index contributed by atoms with van der Waals surface area (Å²) in [6.07, 6.45) is 5.56. The first-order chi connectivity index (χ1) is 10.3. The molecule has 0 amide bonds. The van der Waals surface area contributed by atoms with Gasteiger partial charge in [0.05, 0.1) is 13.7 Å². The second-order valence-corrected chi connectivity index (χ2v) is 4.51. The van der Waals surface area contributed by atoms with Crippen LogP contribution in [0.3, 0.4) is 0 Å². The third-order valence-electron chi connectivity index (χ3n) is 2.95. The Morgan fingerprint density at radius 1 is 1.05 bits per heavy atom. The molecule has 3 rings (SSSR count). The quantitative estimate of drug-likeness (QED) is 0.697. The fraction of sp³-hybridized carbons (Fsp3) is 0.214. The van der Waals surface area contributed by atoms with E-state index < -0.39 is 0 Å². The lowest BCUT2D eigenvalue weighted by Crippen LogP contribution is -2.04. The molecule has 0 saturated carbocycles. The number of benzene rings is 1. The molecule has 0 aliphatic rings. The molecule has 7 heteroatoms. The molecule has 0 spiro atoms. The molecule has 0 fully saturated rings. The van der Waals surface area contributed by atoms with Crippen LogP contribution in [0.4, 0.5) is 0 Å². The van der Waals surface area contributed by atoms with Crippen LogP contribution in [0.5, 0.6) is 5.75 Å². The largest absolute Gasteiger partial charge is 0.497 e. The third kappa shape index (κ3) is 3.38. The van der Waals surface area contributed by atoms with Gasteiger partial charge in [-0.1, -0.05) is 12.1 Å². The van der Waals surface area contributed by atoms with E-state index >= 15 is 0 Å². The molecule has 0 radical (unpaired) electrons. The van der Waals surface area contributed by atoms with Gasteiger partial charge >= 0.3 is 0 Å². The van der Waals surface area contributed by atoms with Crippen LogP contribution in [0.2, 0.25) is 0 Å². The van der Waals surface area contributed by atoms with Gasteiger partial charge in [0.25, 0.3) is 0 Å². The van der Waals surface area contributed by atoms with E-state index in [1.54, 1.807) is 24.3 Å². The number of tetrazole rings is 1. The van der Waals surface area contributed by atoms with Crippen molar-refractivity contribution in [2.45, 2.75) is 13.0 Å². The summed E-state index contributed by atoms with van der Waals surface area (Å²) in [5, 5.41) is 12.4. The Balaban J connectivity index is 1.67. The van der Waals surface area contributed by atoms with Crippen LogP contribution in [0.25, 0.3) is 0 Å². The van der Waals surface area contributed by atoms with Crippen LogP contribution < -0.4 is 4.74 Å². The summed E-state index contributed by atoms with van der Waals surface area (Å²) in [6, 6.07) is 7.78. The van der Waals surface area contributed by atoms with Gasteiger partial charge in [-0.15, -0.1) is 10.2 Å². The van der Waals surface area contributed by atoms with Gasteiger partial charge in [0, 0.05) is 18.8 Å². The summed E-state index contributed by atoms with van der Waals surface area (Å²) < 4.78 is 5.13. The number of rotatable bonds is 5. The van der Waals surface area contributed by atoms with Crippen LogP contribution in [0.1, 0.15) is 17.0 Å². The van der Waals surface area contributed by atoms with Crippen LogP contribution in [-0.2, 0) is 13.0 Å². The summed E-state index contributed by atoms with van der Waals surface area (Å²) >= 11 is 0. The molecule has 21 heavy (non-hydrogen) atoms. The second-order valence-electron chi connectivity index (χ2n) is 4.51. The van der Waals surface area contributed by atoms with Crippen molar-refractivity contribution >= 4 is 0 Å². The van der Waals surface area contributed by atoms with Crippen molar-refractivity contribution in [2.75, 3.05) is 7.11 Å². The minimum absolute atomic E-state index is 0.572. The highest BCUT2D eigenvalue weighted by atomic mass is 16.5. The Kier molecular flexibility index (Phi) is 3.81. The van der Waals surface area contributed by atoms with Crippen LogP contribution in [-0.4, -0.2) is 37.3 Å². The van der Waals surface area contributed by atoms with E-state index in [0.29, 0.717) is 18.8 Å². The maximum atomic E-state index is 5.13. The molecule has 0 aliphatic carbocycles. The molecule has 3 aromatic rings. The average Bonchev–Trinajstić information content (AvgIpc) is 2.96. The van der Waals surface area contributed by atoms with Crippen LogP contribution in [0, 0.1) is 0 Å². The number of nitrogens with zero attached hydrogens (tertiary/aromatic N) is 6. The van der Waals surface area contributed by atoms with Crippen LogP contribution in [0.15, 0.2) is 43.0 Å². The highest BCUT2D eigenvalue weighted by Gasteiger charge is 2.05. The standard InChI is InChI=1S/C14H14N6O/c1-21-13-4-2-11(3-5-13)9-20-18-14(17-19-20)6-12-7-15-10-16-8-12/h2-5,7-8,10H,6,9H2,1H3. The smallest absolute Gasteiger partial charge is 0.179 e. The normalized spacial score (nSPS) is 10.5. The predicted octanol–water partition coefficient (Wildman–Crippen LogP) is 1.11. The zero-order chi connectivity index (χ0) is 14.5. The fourth-order valence-corrected chi connectivity index (χ4v) is 1.91. The number of methoxy groups -OCH3 is 1. The van der Waals surface area contributed by atoms with Gasteiger partial charge in [-0.05, 0) is 28.5 Å². The molecule has 0 aliphatic heterocycles. The van der Waals surface area contributed by atoms with E-state index in [0.717, 1.165) is 16.9 Å². The van der Waals surface area contributed by atoms with E-state index in [9.17, 15) is 0 Å². The fourth-order valence-electron chi connectivity index (χ4n) is 1.91. The molecule has 0 bridgehead atoms. The minimum Gasteiger partial charge on any atom is -0.497 e. The maximum Gasteiger partial charge on any atom is 0.179 e. The maximum absolute atomic E-state index is 5.13. The molecule has 0 saturated heterocycles. The zero-order valence-electron chi connectivity index (χ0n) is 11.5. The molecule has 1 aromatic carbocycles. The van der Waals surface area contributed by atoms with E-state index in [4.69, 9.17) is 4.74 Å². The van der Waals surface area contributed by atoms with E-state index in [1.807, 2.05) is 24.3 Å². The van der Waals surface area contributed by atoms with Gasteiger partial charge in [-0.3, -0.25) is 0 Å². The Morgan fingerprint density at radius 3 is 2.52 bits per heavy atom. The van der Waals surface area contributed by atoms with Gasteiger partial charge in [0.15, 0.2) is 5.82 Å². The van der Waals surface area contributed by atoms with Gasteiger partial charge in [-0.25, -0.2) is 9.97 Å². The van der Waals surface area contributed by atoms with E-state index in [1.165, 1.54) is 6.33 Å². The van der Waals surface area contributed by atoms with Gasteiger partial charge in [0.2, 0.25) is 0 Å². The van der Waals surface area contributed by atoms with Crippen LogP contribution >= 0.6 is 0 Å². The summed E-state index contributed by atoms with van der Waals surface area (Å²) in [4.78, 5) is 9.50. The first kappa shape index (κ1) is 13.2. The van der Waals surface area contributed by atoms with Crippen molar-refractivity contribution in [1.82, 2.24) is 30.2 Å². The molecular formula is C14H14N6O. The molecule has 0 atom stereocenters. The molecule has 2 heterocycles. The Hall–Kier alpha value is -2.83. The number of aromatic nitrogens is 6. The SMILES string of the molecule is COc1ccc(Cn2nnc(Cc3cncnc3)n2)cc1. The van der Waals surface area contributed by atoms with E-state index in [-0.39, 0.29) is 0 Å². The molecule has 0 unspecified atom stereocenters. The monoisotopic (exact) mass is 282 g/mol. The average molecular weight is 282 g/mol. The second kappa shape index (κ2) is 6.08. The molecular weight excluding hydrogens is 268 g/mol. The lowest BCUT2D eigenvalue weighted by Gasteiger charge is -2.02. The van der Waals surface area contributed by atoms with Gasteiger partial charge in [-0.2, -0.15) is 4.80 Å². The van der Waals surface area contributed by atoms with Crippen molar-refractivity contribution in [3.63, 3.8) is 0 Å². The number of hydrogen-bond donors (Lipinski definition) is 0. The highest BCUT2D eigenvalue weighted by Crippen LogP contribution is 2.11. The Bertz CT molecular complexity index is 695. The molecule has 106 valence electrons. The summed E-state index contributed by atoms with van der Waals surface area (Å²) in [5.41, 5.74) is 2.05. The summed E-state index contributed by atoms with van der Waals surface area (Å²) in [5.74, 6) is 1.48. The third-order valence-corrected chi connectivity index (χ3v) is 2.95. The first-order valence-electron chi connectivity index (χ1n) is 6.47. The molecule has 7 nitrogen and oxygen atoms in total. The van der Waals surface area contributed by atoms with Crippen molar-refractivity contribution in [1.29, 1.82) is 0 Å². The lowest BCUT2D eigenvalue weighted by atomic mass is 10.2. The summed E-state index contributed by atoms with van der Waals surface area (Å²) in [6.45, 7) is 0.572. The molecule has 2 aromatic heterocycles. The molecule has 0 N–H and O–H groups in total. The van der Waals surface area contributed by atoms with Crippen molar-refractivity contribution in [2.24, 2.45) is 0 Å². The van der Waals surface area contributed by atoms with Gasteiger partial charge in [0.1, 0.15) is 12.1 Å². The van der Waals surface area contributed by atoms with Crippen molar-refractivity contribution in [3.05, 3.63) is 59.9 Å². The van der Waals surface area contributed by atoms with E-state index in [2.05, 4.69) is 25.4 Å². The van der Waals surface area contributed by atoms with Crippen molar-refractivity contribution < 1.29 is 4.74 Å². The predicted molar refractivity (Wildman–Crippen MR) is 74.8 cm³/mol. The minimum atomic E-state index is 0.572. The zero-order valence-corrected chi connectivity index (χ0v) is 11.5. The lowest BCUT2D eigenvalue weighted by molar-refractivity contribution is 0.414. The summed E-state index contributed by atoms with van der Waals surface area (Å²) in [7, 11) is 1.65.